The number of unbranched alkanes of at least 4 members (excludes halogenated alkanes) is 2. The largest absolute Gasteiger partial charge is 0.308 e. The highest BCUT2D eigenvalue weighted by Crippen LogP contribution is 2.28. The molecule has 1 aliphatic heterocycles. The molecule has 0 bridgehead atoms. The Balaban J connectivity index is 2.08. The maximum Gasteiger partial charge on any atom is 0.0473 e. The van der Waals surface area contributed by atoms with Crippen LogP contribution < -0.4 is 5.32 Å². The van der Waals surface area contributed by atoms with Gasteiger partial charge in [0.25, 0.3) is 0 Å². The Morgan fingerprint density at radius 1 is 1.20 bits per heavy atom. The summed E-state index contributed by atoms with van der Waals surface area (Å²) in [7, 11) is 0. The van der Waals surface area contributed by atoms with Crippen LogP contribution in [-0.2, 0) is 0 Å². The topological polar surface area (TPSA) is 15.3 Å². The zero-order valence-corrected chi connectivity index (χ0v) is 13.4. The van der Waals surface area contributed by atoms with E-state index in [4.69, 9.17) is 0 Å². The standard InChI is InChI=1S/C18H30N2/c1-4-6-10-13-20-15-18(3,5-2)19-14-17(20)16-11-8-7-9-12-16/h7-9,11-12,17,19H,4-6,10,13-15H2,1-3H3. The number of nitrogens with zero attached hydrogens (tertiary/aromatic N) is 1. The van der Waals surface area contributed by atoms with Crippen LogP contribution in [0.2, 0.25) is 0 Å². The third-order valence-corrected chi connectivity index (χ3v) is 4.73. The molecule has 112 valence electrons. The molecule has 0 saturated carbocycles. The first-order chi connectivity index (χ1) is 9.68. The lowest BCUT2D eigenvalue weighted by Crippen LogP contribution is -2.59. The Morgan fingerprint density at radius 3 is 2.60 bits per heavy atom. The Hall–Kier alpha value is -0.860. The van der Waals surface area contributed by atoms with Crippen molar-refractivity contribution in [2.45, 2.75) is 58.0 Å². The van der Waals surface area contributed by atoms with Gasteiger partial charge in [0.1, 0.15) is 0 Å². The van der Waals surface area contributed by atoms with E-state index in [-0.39, 0.29) is 5.54 Å². The molecule has 0 radical (unpaired) electrons. The number of hydrogen-bond acceptors (Lipinski definition) is 2. The molecule has 0 aliphatic carbocycles. The van der Waals surface area contributed by atoms with E-state index < -0.39 is 0 Å². The summed E-state index contributed by atoms with van der Waals surface area (Å²) in [5, 5.41) is 3.77. The molecule has 1 fully saturated rings. The Labute approximate surface area is 124 Å². The summed E-state index contributed by atoms with van der Waals surface area (Å²) in [5.41, 5.74) is 1.73. The molecule has 1 heterocycles. The van der Waals surface area contributed by atoms with E-state index in [2.05, 4.69) is 61.3 Å². The monoisotopic (exact) mass is 274 g/mol. The summed E-state index contributed by atoms with van der Waals surface area (Å²) in [6, 6.07) is 11.5. The summed E-state index contributed by atoms with van der Waals surface area (Å²) in [5.74, 6) is 0. The van der Waals surface area contributed by atoms with Gasteiger partial charge in [0.2, 0.25) is 0 Å². The lowest BCUT2D eigenvalue weighted by atomic mass is 9.91. The van der Waals surface area contributed by atoms with Crippen LogP contribution in [0.4, 0.5) is 0 Å². The second-order valence-corrected chi connectivity index (χ2v) is 6.40. The van der Waals surface area contributed by atoms with Crippen molar-refractivity contribution in [2.24, 2.45) is 0 Å². The third-order valence-electron chi connectivity index (χ3n) is 4.73. The van der Waals surface area contributed by atoms with Crippen molar-refractivity contribution in [3.63, 3.8) is 0 Å². The molecule has 2 nitrogen and oxygen atoms in total. The summed E-state index contributed by atoms with van der Waals surface area (Å²) < 4.78 is 0. The summed E-state index contributed by atoms with van der Waals surface area (Å²) in [4.78, 5) is 2.70. The molecular weight excluding hydrogens is 244 g/mol. The molecule has 2 rings (SSSR count). The molecule has 1 N–H and O–H groups in total. The molecule has 0 aromatic heterocycles. The number of piperazine rings is 1. The van der Waals surface area contributed by atoms with Crippen LogP contribution in [0.25, 0.3) is 0 Å². The zero-order valence-electron chi connectivity index (χ0n) is 13.4. The molecule has 1 saturated heterocycles. The van der Waals surface area contributed by atoms with E-state index in [0.717, 1.165) is 13.1 Å². The van der Waals surface area contributed by atoms with Crippen molar-refractivity contribution < 1.29 is 0 Å². The van der Waals surface area contributed by atoms with E-state index in [9.17, 15) is 0 Å². The van der Waals surface area contributed by atoms with E-state index >= 15 is 0 Å². The molecule has 1 aromatic rings. The number of nitrogens with one attached hydrogen (secondary N) is 1. The predicted octanol–water partition coefficient (Wildman–Crippen LogP) is 3.99. The van der Waals surface area contributed by atoms with Crippen molar-refractivity contribution in [2.75, 3.05) is 19.6 Å². The summed E-state index contributed by atoms with van der Waals surface area (Å²) >= 11 is 0. The van der Waals surface area contributed by atoms with Gasteiger partial charge in [-0.2, -0.15) is 0 Å². The Bertz CT molecular complexity index is 390. The van der Waals surface area contributed by atoms with Crippen LogP contribution in [0.3, 0.4) is 0 Å². The van der Waals surface area contributed by atoms with Crippen molar-refractivity contribution in [1.29, 1.82) is 0 Å². The fourth-order valence-electron chi connectivity index (χ4n) is 3.13. The molecule has 0 spiro atoms. The maximum absolute atomic E-state index is 3.77. The SMILES string of the molecule is CCCCCN1CC(C)(CC)NCC1c1ccccc1. The fourth-order valence-corrected chi connectivity index (χ4v) is 3.13. The van der Waals surface area contributed by atoms with E-state index in [0.29, 0.717) is 6.04 Å². The van der Waals surface area contributed by atoms with Crippen LogP contribution in [0.1, 0.15) is 58.1 Å². The van der Waals surface area contributed by atoms with Gasteiger partial charge in [-0.15, -0.1) is 0 Å². The van der Waals surface area contributed by atoms with Crippen LogP contribution in [0.5, 0.6) is 0 Å². The van der Waals surface area contributed by atoms with Gasteiger partial charge in [-0.1, -0.05) is 57.0 Å². The van der Waals surface area contributed by atoms with Gasteiger partial charge in [0.05, 0.1) is 0 Å². The van der Waals surface area contributed by atoms with Crippen LogP contribution >= 0.6 is 0 Å². The van der Waals surface area contributed by atoms with Crippen LogP contribution in [0.15, 0.2) is 30.3 Å². The minimum Gasteiger partial charge on any atom is -0.308 e. The second-order valence-electron chi connectivity index (χ2n) is 6.40. The van der Waals surface area contributed by atoms with E-state index in [1.54, 1.807) is 0 Å². The number of hydrogen-bond donors (Lipinski definition) is 1. The van der Waals surface area contributed by atoms with Gasteiger partial charge in [-0.05, 0) is 31.9 Å². The van der Waals surface area contributed by atoms with Gasteiger partial charge >= 0.3 is 0 Å². The van der Waals surface area contributed by atoms with Gasteiger partial charge in [0, 0.05) is 24.7 Å². The van der Waals surface area contributed by atoms with Crippen LogP contribution in [0, 0.1) is 0 Å². The normalized spacial score (nSPS) is 27.6. The first kappa shape index (κ1) is 15.5. The quantitative estimate of drug-likeness (QED) is 0.789. The Morgan fingerprint density at radius 2 is 1.95 bits per heavy atom. The average Bonchev–Trinajstić information content (AvgIpc) is 2.49. The molecule has 2 unspecified atom stereocenters. The zero-order chi connectivity index (χ0) is 14.4. The lowest BCUT2D eigenvalue weighted by Gasteiger charge is -2.46. The minimum absolute atomic E-state index is 0.275. The van der Waals surface area contributed by atoms with Crippen molar-refractivity contribution in [3.05, 3.63) is 35.9 Å². The van der Waals surface area contributed by atoms with E-state index in [1.165, 1.54) is 37.8 Å². The van der Waals surface area contributed by atoms with Crippen molar-refractivity contribution in [3.8, 4) is 0 Å². The molecule has 1 aromatic carbocycles. The van der Waals surface area contributed by atoms with Crippen molar-refractivity contribution >= 4 is 0 Å². The van der Waals surface area contributed by atoms with Gasteiger partial charge in [-0.25, -0.2) is 0 Å². The highest BCUT2D eigenvalue weighted by Gasteiger charge is 2.34. The summed E-state index contributed by atoms with van der Waals surface area (Å²) in [6.45, 7) is 10.4. The molecule has 2 atom stereocenters. The first-order valence-electron chi connectivity index (χ1n) is 8.22. The smallest absolute Gasteiger partial charge is 0.0473 e. The highest BCUT2D eigenvalue weighted by atomic mass is 15.2. The van der Waals surface area contributed by atoms with Crippen LogP contribution in [-0.4, -0.2) is 30.1 Å². The maximum atomic E-state index is 3.77. The average molecular weight is 274 g/mol. The second kappa shape index (κ2) is 7.24. The van der Waals surface area contributed by atoms with Gasteiger partial charge in [0.15, 0.2) is 0 Å². The molecule has 20 heavy (non-hydrogen) atoms. The Kier molecular flexibility index (Phi) is 5.62. The highest BCUT2D eigenvalue weighted by molar-refractivity contribution is 5.20. The summed E-state index contributed by atoms with van der Waals surface area (Å²) in [6.07, 6.45) is 5.15. The fraction of sp³-hybridized carbons (Fsp3) is 0.667. The van der Waals surface area contributed by atoms with Gasteiger partial charge < -0.3 is 5.32 Å². The molecule has 0 amide bonds. The lowest BCUT2D eigenvalue weighted by molar-refractivity contribution is 0.0824. The minimum atomic E-state index is 0.275. The predicted molar refractivity (Wildman–Crippen MR) is 87.0 cm³/mol. The first-order valence-corrected chi connectivity index (χ1v) is 8.22. The molecule has 1 aliphatic rings. The number of benzene rings is 1. The third kappa shape index (κ3) is 3.83. The molecular formula is C18H30N2. The molecule has 2 heteroatoms. The number of rotatable bonds is 6. The van der Waals surface area contributed by atoms with Crippen molar-refractivity contribution in [1.82, 2.24) is 10.2 Å². The van der Waals surface area contributed by atoms with E-state index in [1.807, 2.05) is 0 Å². The van der Waals surface area contributed by atoms with Gasteiger partial charge in [-0.3, -0.25) is 4.90 Å².